The number of aliphatic hydroxyl groups is 1. The second-order valence-electron chi connectivity index (χ2n) is 9.21. The molecule has 1 unspecified atom stereocenters. The fraction of sp³-hybridized carbons (Fsp3) is 0.652. The van der Waals surface area contributed by atoms with E-state index in [2.05, 4.69) is 35.1 Å². The van der Waals surface area contributed by atoms with Gasteiger partial charge in [-0.2, -0.15) is 0 Å². The summed E-state index contributed by atoms with van der Waals surface area (Å²) in [6.45, 7) is 6.13. The van der Waals surface area contributed by atoms with Crippen molar-refractivity contribution in [2.24, 2.45) is 5.92 Å². The second kappa shape index (κ2) is 6.71. The van der Waals surface area contributed by atoms with Gasteiger partial charge in [0.15, 0.2) is 11.5 Å². The Morgan fingerprint density at radius 1 is 1.21 bits per heavy atom. The summed E-state index contributed by atoms with van der Waals surface area (Å²) >= 11 is 0. The first-order valence-corrected chi connectivity index (χ1v) is 11.0. The molecule has 1 N–H and O–H groups in total. The minimum atomic E-state index is -0.560. The van der Waals surface area contributed by atoms with E-state index in [9.17, 15) is 5.11 Å². The van der Waals surface area contributed by atoms with Crippen LogP contribution in [0, 0.1) is 5.92 Å². The number of aliphatic hydroxyl groups excluding tert-OH is 1. The fourth-order valence-corrected chi connectivity index (χ4v) is 6.45. The van der Waals surface area contributed by atoms with Crippen LogP contribution in [0.25, 0.3) is 0 Å². The molecule has 5 aliphatic rings. The van der Waals surface area contributed by atoms with Crippen LogP contribution in [0.4, 0.5) is 0 Å². The lowest BCUT2D eigenvalue weighted by Crippen LogP contribution is -2.64. The molecule has 1 aromatic rings. The number of hydrogen-bond acceptors (Lipinski definition) is 6. The summed E-state index contributed by atoms with van der Waals surface area (Å²) in [4.78, 5) is 4.87. The Labute approximate surface area is 172 Å². The van der Waals surface area contributed by atoms with Gasteiger partial charge in [-0.3, -0.25) is 4.90 Å². The van der Waals surface area contributed by atoms with Crippen molar-refractivity contribution in [3.63, 3.8) is 0 Å². The molecule has 3 aliphatic heterocycles. The van der Waals surface area contributed by atoms with Gasteiger partial charge in [-0.15, -0.1) is 0 Å². The maximum atomic E-state index is 10.8. The molecule has 29 heavy (non-hydrogen) atoms. The normalized spacial score (nSPS) is 37.9. The number of morpholine rings is 1. The molecule has 1 spiro atoms. The van der Waals surface area contributed by atoms with Crippen molar-refractivity contribution in [1.82, 2.24) is 9.80 Å². The van der Waals surface area contributed by atoms with Gasteiger partial charge in [-0.25, -0.2) is 0 Å². The van der Waals surface area contributed by atoms with Crippen molar-refractivity contribution in [3.05, 3.63) is 35.4 Å². The Kier molecular flexibility index (Phi) is 4.21. The average Bonchev–Trinajstić information content (AvgIpc) is 3.09. The average molecular weight is 399 g/mol. The Balaban J connectivity index is 1.33. The third-order valence-electron chi connectivity index (χ3n) is 7.90. The predicted octanol–water partition coefficient (Wildman–Crippen LogP) is 1.20. The summed E-state index contributed by atoms with van der Waals surface area (Å²) in [6, 6.07) is 4.80. The van der Waals surface area contributed by atoms with Gasteiger partial charge in [-0.05, 0) is 38.1 Å². The Morgan fingerprint density at radius 3 is 2.93 bits per heavy atom. The van der Waals surface area contributed by atoms with Gasteiger partial charge >= 0.3 is 0 Å². The lowest BCUT2D eigenvalue weighted by Gasteiger charge is -2.56. The molecule has 6 rings (SSSR count). The molecule has 2 saturated heterocycles. The molecular weight excluding hydrogens is 368 g/mol. The molecule has 0 aromatic heterocycles. The molecule has 156 valence electrons. The maximum absolute atomic E-state index is 10.8. The monoisotopic (exact) mass is 398 g/mol. The first-order valence-electron chi connectivity index (χ1n) is 11.0. The quantitative estimate of drug-likeness (QED) is 0.770. The Hall–Kier alpha value is -1.60. The number of ether oxygens (including phenoxy) is 3. The summed E-state index contributed by atoms with van der Waals surface area (Å²) in [5.41, 5.74) is 2.58. The minimum Gasteiger partial charge on any atom is -0.488 e. The Bertz CT molecular complexity index is 836. The molecule has 2 bridgehead atoms. The van der Waals surface area contributed by atoms with Crippen molar-refractivity contribution in [3.8, 4) is 11.5 Å². The number of hydrogen-bond donors (Lipinski definition) is 1. The van der Waals surface area contributed by atoms with E-state index in [1.807, 2.05) is 6.08 Å². The predicted molar refractivity (Wildman–Crippen MR) is 109 cm³/mol. The van der Waals surface area contributed by atoms with Gasteiger partial charge in [-0.1, -0.05) is 18.2 Å². The number of likely N-dealkylation sites (tertiary alicyclic amines) is 1. The summed E-state index contributed by atoms with van der Waals surface area (Å²) in [6.07, 6.45) is 5.51. The zero-order chi connectivity index (χ0) is 19.6. The van der Waals surface area contributed by atoms with Crippen LogP contribution < -0.4 is 9.47 Å². The van der Waals surface area contributed by atoms with E-state index in [0.717, 1.165) is 63.7 Å². The molecule has 6 heteroatoms. The standard InChI is InChI=1S/C23H30N2O4/c1-24-7-6-23-16-3-4-18(26)22(23)29-21-19(5-2-15(20(21)23)14-17(16)24)28-13-10-25-8-11-27-12-9-25/h2-5,16-18,22,26H,6-14H2,1H3/t16-,17+,18?,22-,23-/m0/s1. The van der Waals surface area contributed by atoms with Crippen molar-refractivity contribution >= 4 is 0 Å². The lowest BCUT2D eigenvalue weighted by molar-refractivity contribution is -0.0454. The number of likely N-dealkylation sites (N-methyl/N-ethyl adjacent to an activating group) is 1. The molecule has 5 atom stereocenters. The number of benzene rings is 1. The third kappa shape index (κ3) is 2.56. The Morgan fingerprint density at radius 2 is 2.07 bits per heavy atom. The molecule has 0 radical (unpaired) electrons. The first-order chi connectivity index (χ1) is 14.2. The van der Waals surface area contributed by atoms with Crippen molar-refractivity contribution < 1.29 is 19.3 Å². The molecule has 6 nitrogen and oxygen atoms in total. The maximum Gasteiger partial charge on any atom is 0.165 e. The van der Waals surface area contributed by atoms with E-state index in [1.165, 1.54) is 11.1 Å². The SMILES string of the molecule is CN1CC[C@]23c4c5ccc(OCCN6CCOCC6)c4O[C@H]2C(O)C=C[C@H]3[C@H]1C5. The van der Waals surface area contributed by atoms with E-state index < -0.39 is 6.10 Å². The van der Waals surface area contributed by atoms with Crippen LogP contribution in [-0.4, -0.2) is 86.2 Å². The molecular formula is C23H30N2O4. The molecule has 0 saturated carbocycles. The highest BCUT2D eigenvalue weighted by Gasteiger charge is 2.64. The van der Waals surface area contributed by atoms with Crippen LogP contribution in [0.5, 0.6) is 11.5 Å². The van der Waals surface area contributed by atoms with E-state index in [-0.39, 0.29) is 11.5 Å². The molecule has 0 amide bonds. The van der Waals surface area contributed by atoms with E-state index in [1.54, 1.807) is 0 Å². The summed E-state index contributed by atoms with van der Waals surface area (Å²) in [7, 11) is 2.23. The summed E-state index contributed by atoms with van der Waals surface area (Å²) in [5.74, 6) is 2.13. The fourth-order valence-electron chi connectivity index (χ4n) is 6.45. The third-order valence-corrected chi connectivity index (χ3v) is 7.90. The second-order valence-corrected chi connectivity index (χ2v) is 9.21. The molecule has 1 aromatic carbocycles. The van der Waals surface area contributed by atoms with Gasteiger partial charge in [0.1, 0.15) is 18.8 Å². The number of rotatable bonds is 4. The van der Waals surface area contributed by atoms with Gasteiger partial charge < -0.3 is 24.2 Å². The first kappa shape index (κ1) is 18.2. The van der Waals surface area contributed by atoms with Crippen molar-refractivity contribution in [1.29, 1.82) is 0 Å². The highest BCUT2D eigenvalue weighted by atomic mass is 16.5. The van der Waals surface area contributed by atoms with Crippen molar-refractivity contribution in [2.45, 2.75) is 36.5 Å². The topological polar surface area (TPSA) is 54.4 Å². The number of nitrogens with zero attached hydrogens (tertiary/aromatic N) is 2. The largest absolute Gasteiger partial charge is 0.488 e. The van der Waals surface area contributed by atoms with Crippen LogP contribution in [0.3, 0.4) is 0 Å². The van der Waals surface area contributed by atoms with Crippen LogP contribution in [0.15, 0.2) is 24.3 Å². The lowest BCUT2D eigenvalue weighted by atomic mass is 9.53. The number of piperidine rings is 1. The van der Waals surface area contributed by atoms with Crippen LogP contribution >= 0.6 is 0 Å². The summed E-state index contributed by atoms with van der Waals surface area (Å²) < 4.78 is 18.2. The van der Waals surface area contributed by atoms with Crippen LogP contribution in [0.1, 0.15) is 17.5 Å². The van der Waals surface area contributed by atoms with Gasteiger partial charge in [0.2, 0.25) is 0 Å². The van der Waals surface area contributed by atoms with E-state index >= 15 is 0 Å². The zero-order valence-electron chi connectivity index (χ0n) is 17.0. The van der Waals surface area contributed by atoms with E-state index in [0.29, 0.717) is 18.6 Å². The zero-order valence-corrected chi connectivity index (χ0v) is 17.0. The smallest absolute Gasteiger partial charge is 0.165 e. The van der Waals surface area contributed by atoms with Crippen LogP contribution in [0.2, 0.25) is 0 Å². The minimum absolute atomic E-state index is 0.113. The molecule has 2 aliphatic carbocycles. The van der Waals surface area contributed by atoms with Gasteiger partial charge in [0.05, 0.1) is 13.2 Å². The highest BCUT2D eigenvalue weighted by Crippen LogP contribution is 2.62. The van der Waals surface area contributed by atoms with Gasteiger partial charge in [0, 0.05) is 42.6 Å². The summed E-state index contributed by atoms with van der Waals surface area (Å²) in [5, 5.41) is 10.8. The molecule has 2 fully saturated rings. The van der Waals surface area contributed by atoms with Crippen LogP contribution in [-0.2, 0) is 16.6 Å². The highest BCUT2D eigenvalue weighted by molar-refractivity contribution is 5.62. The molecule has 3 heterocycles. The van der Waals surface area contributed by atoms with E-state index in [4.69, 9.17) is 14.2 Å². The van der Waals surface area contributed by atoms with Crippen molar-refractivity contribution in [2.75, 3.05) is 53.0 Å². The van der Waals surface area contributed by atoms with Gasteiger partial charge in [0.25, 0.3) is 0 Å².